The highest BCUT2D eigenvalue weighted by molar-refractivity contribution is 6.44. The predicted octanol–water partition coefficient (Wildman–Crippen LogP) is 3.18. The van der Waals surface area contributed by atoms with Gasteiger partial charge in [0.25, 0.3) is 0 Å². The van der Waals surface area contributed by atoms with E-state index in [2.05, 4.69) is 5.32 Å². The average Bonchev–Trinajstić information content (AvgIpc) is 2.42. The number of piperidine rings is 1. The van der Waals surface area contributed by atoms with E-state index in [9.17, 15) is 4.79 Å². The van der Waals surface area contributed by atoms with E-state index in [1.54, 1.807) is 12.1 Å². The number of benzene rings is 1. The molecule has 1 N–H and O–H groups in total. The van der Waals surface area contributed by atoms with Crippen LogP contribution in [0.15, 0.2) is 12.1 Å². The van der Waals surface area contributed by atoms with Gasteiger partial charge in [-0.2, -0.15) is 0 Å². The van der Waals surface area contributed by atoms with Gasteiger partial charge < -0.3 is 10.1 Å². The highest BCUT2D eigenvalue weighted by Crippen LogP contribution is 2.36. The molecule has 0 radical (unpaired) electrons. The second-order valence-electron chi connectivity index (χ2n) is 4.33. The van der Waals surface area contributed by atoms with Gasteiger partial charge in [-0.3, -0.25) is 4.79 Å². The van der Waals surface area contributed by atoms with E-state index in [4.69, 9.17) is 27.9 Å². The van der Waals surface area contributed by atoms with Crippen molar-refractivity contribution in [1.29, 1.82) is 0 Å². The van der Waals surface area contributed by atoms with Gasteiger partial charge in [-0.25, -0.2) is 0 Å². The van der Waals surface area contributed by atoms with Crippen molar-refractivity contribution in [2.24, 2.45) is 5.92 Å². The van der Waals surface area contributed by atoms with E-state index in [0.29, 0.717) is 21.4 Å². The first kappa shape index (κ1) is 13.7. The molecule has 5 heteroatoms. The molecule has 1 aromatic carbocycles. The zero-order valence-electron chi connectivity index (χ0n) is 10.1. The zero-order chi connectivity index (χ0) is 13.1. The topological polar surface area (TPSA) is 38.3 Å². The average molecular weight is 288 g/mol. The number of carbonyl (C=O) groups is 1. The second kappa shape index (κ2) is 5.91. The quantitative estimate of drug-likeness (QED) is 0.868. The van der Waals surface area contributed by atoms with Gasteiger partial charge in [0.1, 0.15) is 10.8 Å². The van der Waals surface area contributed by atoms with Crippen LogP contribution in [0.2, 0.25) is 10.0 Å². The normalized spacial score (nSPS) is 16.6. The number of carbonyl (C=O) groups excluding carboxylic acids is 1. The predicted molar refractivity (Wildman–Crippen MR) is 72.9 cm³/mol. The summed E-state index contributed by atoms with van der Waals surface area (Å²) in [5, 5.41) is 3.83. The van der Waals surface area contributed by atoms with E-state index in [0.717, 1.165) is 25.9 Å². The van der Waals surface area contributed by atoms with Gasteiger partial charge in [0.2, 0.25) is 0 Å². The molecule has 1 aliphatic heterocycles. The van der Waals surface area contributed by atoms with E-state index in [-0.39, 0.29) is 11.7 Å². The molecular formula is C13H15Cl2NO2. The number of hydrogen-bond donors (Lipinski definition) is 1. The third-order valence-corrected chi connectivity index (χ3v) is 4.11. The molecule has 0 spiro atoms. The fourth-order valence-electron chi connectivity index (χ4n) is 2.18. The molecule has 1 aliphatic rings. The van der Waals surface area contributed by atoms with Crippen LogP contribution >= 0.6 is 23.2 Å². The molecule has 2 rings (SSSR count). The van der Waals surface area contributed by atoms with Gasteiger partial charge in [0.15, 0.2) is 5.78 Å². The number of halogens is 2. The summed E-state index contributed by atoms with van der Waals surface area (Å²) in [4.78, 5) is 12.4. The summed E-state index contributed by atoms with van der Waals surface area (Å²) in [6.07, 6.45) is 1.69. The number of nitrogens with one attached hydrogen (secondary N) is 1. The lowest BCUT2D eigenvalue weighted by molar-refractivity contribution is 0.0895. The third kappa shape index (κ3) is 2.63. The molecule has 1 saturated heterocycles. The monoisotopic (exact) mass is 287 g/mol. The smallest absolute Gasteiger partial charge is 0.167 e. The van der Waals surface area contributed by atoms with Crippen LogP contribution < -0.4 is 10.1 Å². The first-order chi connectivity index (χ1) is 8.65. The lowest BCUT2D eigenvalue weighted by Crippen LogP contribution is -2.32. The van der Waals surface area contributed by atoms with Gasteiger partial charge >= 0.3 is 0 Å². The van der Waals surface area contributed by atoms with Crippen molar-refractivity contribution < 1.29 is 9.53 Å². The van der Waals surface area contributed by atoms with Gasteiger partial charge in [0.05, 0.1) is 12.1 Å². The van der Waals surface area contributed by atoms with E-state index >= 15 is 0 Å². The van der Waals surface area contributed by atoms with Crippen molar-refractivity contribution in [3.8, 4) is 5.75 Å². The van der Waals surface area contributed by atoms with E-state index in [1.807, 2.05) is 0 Å². The molecule has 0 saturated carbocycles. The summed E-state index contributed by atoms with van der Waals surface area (Å²) in [7, 11) is 1.52. The minimum Gasteiger partial charge on any atom is -0.495 e. The fourth-order valence-corrected chi connectivity index (χ4v) is 2.67. The van der Waals surface area contributed by atoms with Gasteiger partial charge in [-0.05, 0) is 38.1 Å². The second-order valence-corrected chi connectivity index (χ2v) is 5.09. The highest BCUT2D eigenvalue weighted by Gasteiger charge is 2.25. The highest BCUT2D eigenvalue weighted by atomic mass is 35.5. The summed E-state index contributed by atoms with van der Waals surface area (Å²) in [5.74, 6) is 0.600. The Morgan fingerprint density at radius 1 is 1.28 bits per heavy atom. The van der Waals surface area contributed by atoms with E-state index < -0.39 is 0 Å². The van der Waals surface area contributed by atoms with Crippen LogP contribution in [-0.4, -0.2) is 26.0 Å². The van der Waals surface area contributed by atoms with Crippen LogP contribution in [0.3, 0.4) is 0 Å². The minimum absolute atomic E-state index is 0.0354. The molecule has 1 aromatic rings. The Hall–Kier alpha value is -0.770. The van der Waals surface area contributed by atoms with E-state index in [1.165, 1.54) is 7.11 Å². The molecule has 0 bridgehead atoms. The van der Waals surface area contributed by atoms with Gasteiger partial charge in [-0.1, -0.05) is 23.2 Å². The molecule has 0 atom stereocenters. The Morgan fingerprint density at radius 3 is 2.56 bits per heavy atom. The van der Waals surface area contributed by atoms with Crippen molar-refractivity contribution in [1.82, 2.24) is 5.32 Å². The Labute approximate surface area is 116 Å². The fraction of sp³-hybridized carbons (Fsp3) is 0.462. The zero-order valence-corrected chi connectivity index (χ0v) is 11.6. The molecular weight excluding hydrogens is 273 g/mol. The maximum Gasteiger partial charge on any atom is 0.167 e. The molecule has 3 nitrogen and oxygen atoms in total. The SMILES string of the molecule is COc1ccc(C(=O)C2CCNCC2)c(Cl)c1Cl. The van der Waals surface area contributed by atoms with Crippen molar-refractivity contribution in [3.05, 3.63) is 27.7 Å². The van der Waals surface area contributed by atoms with Gasteiger partial charge in [-0.15, -0.1) is 0 Å². The van der Waals surface area contributed by atoms with Crippen LogP contribution in [0, 0.1) is 5.92 Å². The van der Waals surface area contributed by atoms with Crippen LogP contribution in [0.4, 0.5) is 0 Å². The lowest BCUT2D eigenvalue weighted by Gasteiger charge is -2.22. The summed E-state index contributed by atoms with van der Waals surface area (Å²) in [5.41, 5.74) is 0.495. The molecule has 0 aromatic heterocycles. The number of Topliss-reactive ketones (excluding diaryl/α,β-unsaturated/α-hetero) is 1. The molecule has 0 unspecified atom stereocenters. The summed E-state index contributed by atoms with van der Waals surface area (Å²) in [6.45, 7) is 1.75. The van der Waals surface area contributed by atoms with Crippen LogP contribution in [0.25, 0.3) is 0 Å². The van der Waals surface area contributed by atoms with Crippen LogP contribution in [-0.2, 0) is 0 Å². The largest absolute Gasteiger partial charge is 0.495 e. The number of hydrogen-bond acceptors (Lipinski definition) is 3. The first-order valence-electron chi connectivity index (χ1n) is 5.92. The Bertz CT molecular complexity index is 457. The lowest BCUT2D eigenvalue weighted by atomic mass is 9.89. The number of ether oxygens (including phenoxy) is 1. The molecule has 1 heterocycles. The molecule has 98 valence electrons. The third-order valence-electron chi connectivity index (χ3n) is 3.24. The van der Waals surface area contributed by atoms with Gasteiger partial charge in [0, 0.05) is 11.5 Å². The minimum atomic E-state index is 0.0354. The Kier molecular flexibility index (Phi) is 4.49. The molecule has 18 heavy (non-hydrogen) atoms. The number of methoxy groups -OCH3 is 1. The van der Waals surface area contributed by atoms with Crippen molar-refractivity contribution in [2.45, 2.75) is 12.8 Å². The summed E-state index contributed by atoms with van der Waals surface area (Å²) < 4.78 is 5.07. The standard InChI is InChI=1S/C13H15Cl2NO2/c1-18-10-3-2-9(11(14)12(10)15)13(17)8-4-6-16-7-5-8/h2-3,8,16H,4-7H2,1H3. The molecule has 0 aliphatic carbocycles. The van der Waals surface area contributed by atoms with Crippen LogP contribution in [0.1, 0.15) is 23.2 Å². The summed E-state index contributed by atoms with van der Waals surface area (Å²) >= 11 is 12.2. The maximum absolute atomic E-state index is 12.4. The number of ketones is 1. The maximum atomic E-state index is 12.4. The number of rotatable bonds is 3. The Balaban J connectivity index is 2.27. The van der Waals surface area contributed by atoms with Crippen molar-refractivity contribution in [2.75, 3.05) is 20.2 Å². The summed E-state index contributed by atoms with van der Waals surface area (Å²) in [6, 6.07) is 3.37. The first-order valence-corrected chi connectivity index (χ1v) is 6.67. The van der Waals surface area contributed by atoms with Crippen molar-refractivity contribution >= 4 is 29.0 Å². The molecule has 1 fully saturated rings. The Morgan fingerprint density at radius 2 is 1.94 bits per heavy atom. The van der Waals surface area contributed by atoms with Crippen LogP contribution in [0.5, 0.6) is 5.75 Å². The van der Waals surface area contributed by atoms with Crippen molar-refractivity contribution in [3.63, 3.8) is 0 Å². The molecule has 0 amide bonds.